The maximum atomic E-state index is 12.1. The zero-order chi connectivity index (χ0) is 15.6. The van der Waals surface area contributed by atoms with Crippen molar-refractivity contribution in [2.75, 3.05) is 26.8 Å². The zero-order valence-electron chi connectivity index (χ0n) is 13.8. The molecule has 0 fully saturated rings. The van der Waals surface area contributed by atoms with Gasteiger partial charge in [0.2, 0.25) is 5.91 Å². The predicted octanol–water partition coefficient (Wildman–Crippen LogP) is 2.70. The first-order valence-electron chi connectivity index (χ1n) is 7.48. The average Bonchev–Trinajstić information content (AvgIpc) is 2.31. The van der Waals surface area contributed by atoms with Crippen LogP contribution in [0.1, 0.15) is 47.0 Å². The normalized spacial score (nSPS) is 11.5. The van der Waals surface area contributed by atoms with Gasteiger partial charge in [-0.3, -0.25) is 4.79 Å². The summed E-state index contributed by atoms with van der Waals surface area (Å²) in [5.41, 5.74) is 0.619. The Hall–Kier alpha value is -1.03. The summed E-state index contributed by atoms with van der Waals surface area (Å²) in [5.74, 6) is 0.690. The van der Waals surface area contributed by atoms with E-state index in [1.54, 1.807) is 7.11 Å². The fourth-order valence-corrected chi connectivity index (χ4v) is 2.29. The van der Waals surface area contributed by atoms with E-state index in [-0.39, 0.29) is 11.3 Å². The first kappa shape index (κ1) is 19.0. The van der Waals surface area contributed by atoms with Crippen LogP contribution in [0.3, 0.4) is 0 Å². The molecule has 118 valence electrons. The smallest absolute Gasteiger partial charge is 0.225 e. The van der Waals surface area contributed by atoms with Gasteiger partial charge in [-0.25, -0.2) is 0 Å². The van der Waals surface area contributed by atoms with Crippen LogP contribution in [0.5, 0.6) is 0 Å². The molecule has 1 amide bonds. The highest BCUT2D eigenvalue weighted by Gasteiger charge is 2.27. The average molecular weight is 284 g/mol. The molecule has 0 aromatic heterocycles. The van der Waals surface area contributed by atoms with Gasteiger partial charge >= 0.3 is 0 Å². The van der Waals surface area contributed by atoms with Crippen molar-refractivity contribution >= 4 is 5.91 Å². The van der Waals surface area contributed by atoms with E-state index in [0.29, 0.717) is 12.5 Å². The lowest BCUT2D eigenvalue weighted by atomic mass is 9.83. The Morgan fingerprint density at radius 2 is 1.75 bits per heavy atom. The molecular weight excluding hydrogens is 252 g/mol. The van der Waals surface area contributed by atoms with Gasteiger partial charge in [0.1, 0.15) is 0 Å². The predicted molar refractivity (Wildman–Crippen MR) is 84.5 cm³/mol. The minimum Gasteiger partial charge on any atom is -0.387 e. The number of carbonyl (C=O) groups excluding carboxylic acids is 1. The minimum atomic E-state index is -0.279. The number of amides is 1. The van der Waals surface area contributed by atoms with Gasteiger partial charge in [-0.15, -0.1) is 0 Å². The zero-order valence-corrected chi connectivity index (χ0v) is 13.8. The number of unbranched alkanes of at least 4 members (excludes halogenated alkanes) is 1. The van der Waals surface area contributed by atoms with Gasteiger partial charge in [0, 0.05) is 31.3 Å². The van der Waals surface area contributed by atoms with Crippen molar-refractivity contribution in [3.8, 4) is 0 Å². The topological polar surface area (TPSA) is 50.4 Å². The number of hydrogen-bond acceptors (Lipinski definition) is 3. The second-order valence-corrected chi connectivity index (χ2v) is 6.41. The fourth-order valence-electron chi connectivity index (χ4n) is 2.29. The van der Waals surface area contributed by atoms with Crippen molar-refractivity contribution in [3.63, 3.8) is 0 Å². The molecule has 0 aromatic carbocycles. The Kier molecular flexibility index (Phi) is 9.30. The molecule has 0 aliphatic rings. The van der Waals surface area contributed by atoms with Crippen LogP contribution in [0.4, 0.5) is 0 Å². The maximum Gasteiger partial charge on any atom is 0.225 e. The van der Waals surface area contributed by atoms with Crippen LogP contribution in [-0.2, 0) is 9.53 Å². The lowest BCUT2D eigenvalue weighted by Crippen LogP contribution is -2.38. The Labute approximate surface area is 124 Å². The van der Waals surface area contributed by atoms with Gasteiger partial charge in [0.25, 0.3) is 0 Å². The number of ether oxygens (including phenoxy) is 1. The lowest BCUT2D eigenvalue weighted by molar-refractivity contribution is -0.130. The highest BCUT2D eigenvalue weighted by Crippen LogP contribution is 2.25. The van der Waals surface area contributed by atoms with E-state index < -0.39 is 0 Å². The van der Waals surface area contributed by atoms with Crippen molar-refractivity contribution in [2.45, 2.75) is 47.0 Å². The molecule has 0 aromatic rings. The lowest BCUT2D eigenvalue weighted by Gasteiger charge is -2.25. The second-order valence-electron chi connectivity index (χ2n) is 6.41. The van der Waals surface area contributed by atoms with Crippen LogP contribution in [0, 0.1) is 11.3 Å². The van der Waals surface area contributed by atoms with Crippen molar-refractivity contribution in [1.29, 1.82) is 0 Å². The summed E-state index contributed by atoms with van der Waals surface area (Å²) in [5, 5.41) is 6.22. The summed E-state index contributed by atoms with van der Waals surface area (Å²) in [6.45, 7) is 14.3. The van der Waals surface area contributed by atoms with Crippen LogP contribution < -0.4 is 10.6 Å². The van der Waals surface area contributed by atoms with Crippen LogP contribution >= 0.6 is 0 Å². The molecule has 0 aliphatic carbocycles. The SMILES string of the molecule is C=C(COC)NCCCCNC(=O)C(C)(C)CC(C)C. The largest absolute Gasteiger partial charge is 0.387 e. The molecule has 0 saturated carbocycles. The standard InChI is InChI=1S/C16H32N2O2/c1-13(2)11-16(4,5)15(19)18-10-8-7-9-17-14(3)12-20-6/h13,17H,3,7-12H2,1-2,4-6H3,(H,18,19). The van der Waals surface area contributed by atoms with Crippen LogP contribution in [0.15, 0.2) is 12.3 Å². The maximum absolute atomic E-state index is 12.1. The summed E-state index contributed by atoms with van der Waals surface area (Å²) < 4.78 is 4.96. The highest BCUT2D eigenvalue weighted by atomic mass is 16.5. The van der Waals surface area contributed by atoms with E-state index in [1.165, 1.54) is 0 Å². The van der Waals surface area contributed by atoms with E-state index >= 15 is 0 Å². The van der Waals surface area contributed by atoms with E-state index in [2.05, 4.69) is 31.1 Å². The second kappa shape index (κ2) is 9.81. The molecule has 0 atom stereocenters. The summed E-state index contributed by atoms with van der Waals surface area (Å²) in [4.78, 5) is 12.1. The Morgan fingerprint density at radius 1 is 1.20 bits per heavy atom. The van der Waals surface area contributed by atoms with Gasteiger partial charge in [-0.1, -0.05) is 34.3 Å². The first-order valence-corrected chi connectivity index (χ1v) is 7.48. The van der Waals surface area contributed by atoms with Crippen molar-refractivity contribution in [3.05, 3.63) is 12.3 Å². The number of methoxy groups -OCH3 is 1. The van der Waals surface area contributed by atoms with E-state index in [0.717, 1.165) is 38.0 Å². The molecule has 0 rings (SSSR count). The van der Waals surface area contributed by atoms with Crippen molar-refractivity contribution in [1.82, 2.24) is 10.6 Å². The molecule has 20 heavy (non-hydrogen) atoms. The molecule has 4 heteroatoms. The van der Waals surface area contributed by atoms with Gasteiger partial charge in [0.15, 0.2) is 0 Å². The summed E-state index contributed by atoms with van der Waals surface area (Å²) in [6.07, 6.45) is 2.89. The Morgan fingerprint density at radius 3 is 2.25 bits per heavy atom. The Bertz CT molecular complexity index is 299. The molecular formula is C16H32N2O2. The monoisotopic (exact) mass is 284 g/mol. The molecule has 4 nitrogen and oxygen atoms in total. The van der Waals surface area contributed by atoms with E-state index in [1.807, 2.05) is 13.8 Å². The summed E-state index contributed by atoms with van der Waals surface area (Å²) >= 11 is 0. The number of carbonyl (C=O) groups is 1. The molecule has 0 unspecified atom stereocenters. The fraction of sp³-hybridized carbons (Fsp3) is 0.812. The quantitative estimate of drug-likeness (QED) is 0.574. The molecule has 0 aliphatic heterocycles. The first-order chi connectivity index (χ1) is 9.29. The third kappa shape index (κ3) is 8.97. The van der Waals surface area contributed by atoms with Crippen LogP contribution in [0.2, 0.25) is 0 Å². The molecule has 0 spiro atoms. The van der Waals surface area contributed by atoms with Gasteiger partial charge in [-0.05, 0) is 25.2 Å². The van der Waals surface area contributed by atoms with Gasteiger partial charge in [-0.2, -0.15) is 0 Å². The molecule has 0 saturated heterocycles. The molecule has 0 bridgehead atoms. The number of hydrogen-bond donors (Lipinski definition) is 2. The van der Waals surface area contributed by atoms with Crippen molar-refractivity contribution in [2.24, 2.45) is 11.3 Å². The van der Waals surface area contributed by atoms with Gasteiger partial charge < -0.3 is 15.4 Å². The van der Waals surface area contributed by atoms with Gasteiger partial charge in [0.05, 0.1) is 6.61 Å². The Balaban J connectivity index is 3.69. The van der Waals surface area contributed by atoms with E-state index in [9.17, 15) is 4.79 Å². The van der Waals surface area contributed by atoms with Crippen LogP contribution in [-0.4, -0.2) is 32.7 Å². The molecule has 0 heterocycles. The number of rotatable bonds is 11. The number of nitrogens with one attached hydrogen (secondary N) is 2. The third-order valence-electron chi connectivity index (χ3n) is 3.12. The highest BCUT2D eigenvalue weighted by molar-refractivity contribution is 5.81. The van der Waals surface area contributed by atoms with Crippen LogP contribution in [0.25, 0.3) is 0 Å². The third-order valence-corrected chi connectivity index (χ3v) is 3.12. The minimum absolute atomic E-state index is 0.156. The van der Waals surface area contributed by atoms with Crippen molar-refractivity contribution < 1.29 is 9.53 Å². The molecule has 0 radical (unpaired) electrons. The molecule has 2 N–H and O–H groups in total. The van der Waals surface area contributed by atoms with E-state index in [4.69, 9.17) is 4.74 Å². The summed E-state index contributed by atoms with van der Waals surface area (Å²) in [7, 11) is 1.65. The summed E-state index contributed by atoms with van der Waals surface area (Å²) in [6, 6.07) is 0.